The molecule has 0 radical (unpaired) electrons. The Labute approximate surface area is 117 Å². The number of hydrogen-bond donors (Lipinski definition) is 1. The highest BCUT2D eigenvalue weighted by molar-refractivity contribution is 14.1. The first-order valence-corrected chi connectivity index (χ1v) is 6.33. The summed E-state index contributed by atoms with van der Waals surface area (Å²) in [5, 5.41) is 21.2. The maximum absolute atomic E-state index is 9.80. The van der Waals surface area contributed by atoms with Gasteiger partial charge in [-0.1, -0.05) is 0 Å². The average molecular weight is 358 g/mol. The number of nitrogens with zero attached hydrogens (tertiary/aromatic N) is 4. The summed E-state index contributed by atoms with van der Waals surface area (Å²) >= 11 is 2.05. The van der Waals surface area contributed by atoms with Gasteiger partial charge < -0.3 is 9.84 Å². The van der Waals surface area contributed by atoms with Crippen LogP contribution in [-0.2, 0) is 0 Å². The van der Waals surface area contributed by atoms with Crippen LogP contribution >= 0.6 is 22.6 Å². The molecule has 1 aromatic heterocycles. The Balaban J connectivity index is 2.28. The molecule has 0 unspecified atom stereocenters. The molecule has 0 fully saturated rings. The largest absolute Gasteiger partial charge is 0.504 e. The van der Waals surface area contributed by atoms with Gasteiger partial charge in [0, 0.05) is 0 Å². The highest BCUT2D eigenvalue weighted by atomic mass is 127. The summed E-state index contributed by atoms with van der Waals surface area (Å²) in [4.78, 5) is 0. The molecule has 7 heteroatoms. The molecule has 0 bridgehead atoms. The van der Waals surface area contributed by atoms with Gasteiger partial charge in [0.15, 0.2) is 11.5 Å². The van der Waals surface area contributed by atoms with Crippen LogP contribution in [-0.4, -0.2) is 32.8 Å². The second kappa shape index (κ2) is 5.80. The summed E-state index contributed by atoms with van der Waals surface area (Å²) in [7, 11) is 0. The molecule has 94 valence electrons. The van der Waals surface area contributed by atoms with E-state index in [9.17, 15) is 5.11 Å². The molecule has 0 aliphatic rings. The van der Waals surface area contributed by atoms with Crippen LogP contribution in [0.15, 0.2) is 29.9 Å². The third-order valence-electron chi connectivity index (χ3n) is 2.10. The normalized spacial score (nSPS) is 11.0. The standard InChI is InChI=1S/C11H11IN4O2/c1-2-18-10-4-8(3-9(12)11(10)17)5-15-16-6-13-14-7-16/h3-7,17H,2H2,1H3/b15-5+. The van der Waals surface area contributed by atoms with Gasteiger partial charge in [0.2, 0.25) is 0 Å². The van der Waals surface area contributed by atoms with E-state index < -0.39 is 0 Å². The predicted octanol–water partition coefficient (Wildman–Crippen LogP) is 1.87. The van der Waals surface area contributed by atoms with Crippen molar-refractivity contribution in [3.8, 4) is 11.5 Å². The van der Waals surface area contributed by atoms with E-state index in [1.807, 2.05) is 35.6 Å². The van der Waals surface area contributed by atoms with Crippen molar-refractivity contribution in [3.63, 3.8) is 0 Å². The van der Waals surface area contributed by atoms with E-state index in [0.717, 1.165) is 5.56 Å². The lowest BCUT2D eigenvalue weighted by Crippen LogP contribution is -1.95. The third kappa shape index (κ3) is 2.97. The zero-order chi connectivity index (χ0) is 13.0. The maximum Gasteiger partial charge on any atom is 0.171 e. The van der Waals surface area contributed by atoms with E-state index in [0.29, 0.717) is 15.9 Å². The van der Waals surface area contributed by atoms with E-state index >= 15 is 0 Å². The molecule has 2 aromatic rings. The van der Waals surface area contributed by atoms with Gasteiger partial charge in [-0.25, -0.2) is 4.68 Å². The molecular weight excluding hydrogens is 347 g/mol. The van der Waals surface area contributed by atoms with Crippen molar-refractivity contribution >= 4 is 28.8 Å². The van der Waals surface area contributed by atoms with Gasteiger partial charge in [0.25, 0.3) is 0 Å². The molecule has 0 amide bonds. The molecule has 0 spiro atoms. The van der Waals surface area contributed by atoms with E-state index in [-0.39, 0.29) is 5.75 Å². The van der Waals surface area contributed by atoms with Gasteiger partial charge in [-0.3, -0.25) is 0 Å². The summed E-state index contributed by atoms with van der Waals surface area (Å²) in [5.41, 5.74) is 0.828. The van der Waals surface area contributed by atoms with Gasteiger partial charge in [0.1, 0.15) is 12.7 Å². The number of rotatable bonds is 4. The van der Waals surface area contributed by atoms with E-state index in [1.54, 1.807) is 12.3 Å². The lowest BCUT2D eigenvalue weighted by molar-refractivity contribution is 0.317. The van der Waals surface area contributed by atoms with Crippen molar-refractivity contribution in [3.05, 3.63) is 33.9 Å². The minimum Gasteiger partial charge on any atom is -0.504 e. The molecule has 18 heavy (non-hydrogen) atoms. The Morgan fingerprint density at radius 1 is 1.44 bits per heavy atom. The smallest absolute Gasteiger partial charge is 0.171 e. The monoisotopic (exact) mass is 358 g/mol. The summed E-state index contributed by atoms with van der Waals surface area (Å²) in [6, 6.07) is 3.54. The van der Waals surface area contributed by atoms with Crippen LogP contribution in [0, 0.1) is 3.57 Å². The molecule has 0 saturated heterocycles. The molecule has 1 N–H and O–H groups in total. The number of halogens is 1. The quantitative estimate of drug-likeness (QED) is 0.669. The summed E-state index contributed by atoms with van der Waals surface area (Å²) in [6.07, 6.45) is 4.63. The maximum atomic E-state index is 9.80. The van der Waals surface area contributed by atoms with Crippen LogP contribution in [0.4, 0.5) is 0 Å². The number of phenolic OH excluding ortho intramolecular Hbond substituents is 1. The third-order valence-corrected chi connectivity index (χ3v) is 2.92. The van der Waals surface area contributed by atoms with Gasteiger partial charge >= 0.3 is 0 Å². The van der Waals surface area contributed by atoms with Crippen LogP contribution in [0.25, 0.3) is 0 Å². The van der Waals surface area contributed by atoms with E-state index in [2.05, 4.69) is 15.3 Å². The molecule has 1 aromatic carbocycles. The summed E-state index contributed by atoms with van der Waals surface area (Å²) < 4.78 is 7.55. The number of hydrogen-bond acceptors (Lipinski definition) is 5. The number of benzene rings is 1. The Morgan fingerprint density at radius 3 is 2.83 bits per heavy atom. The van der Waals surface area contributed by atoms with Crippen LogP contribution in [0.5, 0.6) is 11.5 Å². The highest BCUT2D eigenvalue weighted by Gasteiger charge is 2.08. The molecular formula is C11H11IN4O2. The molecule has 0 atom stereocenters. The van der Waals surface area contributed by atoms with E-state index in [4.69, 9.17) is 4.74 Å². The number of aromatic nitrogens is 3. The number of aromatic hydroxyl groups is 1. The van der Waals surface area contributed by atoms with Crippen molar-refractivity contribution in [2.75, 3.05) is 6.61 Å². The van der Waals surface area contributed by atoms with Gasteiger partial charge in [0.05, 0.1) is 16.4 Å². The Kier molecular flexibility index (Phi) is 4.13. The number of phenols is 1. The first-order chi connectivity index (χ1) is 8.70. The molecule has 2 rings (SSSR count). The zero-order valence-electron chi connectivity index (χ0n) is 9.62. The highest BCUT2D eigenvalue weighted by Crippen LogP contribution is 2.32. The van der Waals surface area contributed by atoms with Crippen molar-refractivity contribution in [2.24, 2.45) is 5.10 Å². The Hall–Kier alpha value is -1.64. The van der Waals surface area contributed by atoms with E-state index in [1.165, 1.54) is 17.3 Å². The predicted molar refractivity (Wildman–Crippen MR) is 75.0 cm³/mol. The molecule has 6 nitrogen and oxygen atoms in total. The summed E-state index contributed by atoms with van der Waals surface area (Å²) in [5.74, 6) is 0.605. The van der Waals surface area contributed by atoms with Crippen molar-refractivity contribution < 1.29 is 9.84 Å². The molecule has 0 aliphatic carbocycles. The zero-order valence-corrected chi connectivity index (χ0v) is 11.8. The number of ether oxygens (including phenoxy) is 1. The fourth-order valence-electron chi connectivity index (χ4n) is 1.32. The van der Waals surface area contributed by atoms with Crippen molar-refractivity contribution in [1.29, 1.82) is 0 Å². The van der Waals surface area contributed by atoms with Crippen molar-refractivity contribution in [2.45, 2.75) is 6.92 Å². The van der Waals surface area contributed by atoms with Crippen LogP contribution in [0.1, 0.15) is 12.5 Å². The Bertz CT molecular complexity index is 554. The van der Waals surface area contributed by atoms with Gasteiger partial charge in [-0.05, 0) is 47.2 Å². The minimum absolute atomic E-state index is 0.152. The minimum atomic E-state index is 0.152. The lowest BCUT2D eigenvalue weighted by atomic mass is 10.2. The topological polar surface area (TPSA) is 72.5 Å². The first kappa shape index (κ1) is 12.8. The Morgan fingerprint density at radius 2 is 2.17 bits per heavy atom. The van der Waals surface area contributed by atoms with Crippen LogP contribution in [0.3, 0.4) is 0 Å². The SMILES string of the molecule is CCOc1cc(/C=N/n2cnnc2)cc(I)c1O. The molecule has 0 aliphatic heterocycles. The van der Waals surface area contributed by atoms with Crippen molar-refractivity contribution in [1.82, 2.24) is 14.9 Å². The van der Waals surface area contributed by atoms with Crippen LogP contribution in [0.2, 0.25) is 0 Å². The fourth-order valence-corrected chi connectivity index (χ4v) is 1.95. The second-order valence-corrected chi connectivity index (χ2v) is 4.53. The fraction of sp³-hybridized carbons (Fsp3) is 0.182. The first-order valence-electron chi connectivity index (χ1n) is 5.25. The second-order valence-electron chi connectivity index (χ2n) is 3.37. The van der Waals surface area contributed by atoms with Gasteiger partial charge in [-0.15, -0.1) is 10.2 Å². The van der Waals surface area contributed by atoms with Crippen LogP contribution < -0.4 is 4.74 Å². The average Bonchev–Trinajstić information content (AvgIpc) is 2.86. The molecule has 1 heterocycles. The lowest BCUT2D eigenvalue weighted by Gasteiger charge is -2.08. The summed E-state index contributed by atoms with van der Waals surface area (Å²) in [6.45, 7) is 2.36. The van der Waals surface area contributed by atoms with Gasteiger partial charge in [-0.2, -0.15) is 5.10 Å². The molecule has 0 saturated carbocycles.